The molecule has 0 fully saturated rings. The molecule has 0 bridgehead atoms. The van der Waals surface area contributed by atoms with Gasteiger partial charge in [0.25, 0.3) is 0 Å². The van der Waals surface area contributed by atoms with Crippen LogP contribution in [-0.2, 0) is 19.1 Å². The molecule has 5 heteroatoms. The highest BCUT2D eigenvalue weighted by molar-refractivity contribution is 9.10. The second kappa shape index (κ2) is 8.69. The van der Waals surface area contributed by atoms with Crippen LogP contribution in [0, 0.1) is 0 Å². The lowest BCUT2D eigenvalue weighted by Crippen LogP contribution is -2.44. The molecule has 0 saturated heterocycles. The standard InChI is InChI=1S/C16H27BrO4/c1-8-16(7,14(18)13(6)17)21-12(5)9-11(4)20-15(19)10(2)3/h11-13H,2,8-9H2,1,3-7H3. The van der Waals surface area contributed by atoms with Gasteiger partial charge in [-0.25, -0.2) is 4.79 Å². The van der Waals surface area contributed by atoms with Crippen molar-refractivity contribution in [2.45, 2.75) is 77.0 Å². The van der Waals surface area contributed by atoms with Crippen molar-refractivity contribution in [1.82, 2.24) is 0 Å². The molecule has 4 unspecified atom stereocenters. The van der Waals surface area contributed by atoms with Gasteiger partial charge in [-0.3, -0.25) is 4.79 Å². The zero-order valence-electron chi connectivity index (χ0n) is 13.9. The molecule has 0 aliphatic heterocycles. The number of ether oxygens (including phenoxy) is 2. The van der Waals surface area contributed by atoms with Crippen LogP contribution in [0.1, 0.15) is 54.4 Å². The van der Waals surface area contributed by atoms with Crippen molar-refractivity contribution in [1.29, 1.82) is 0 Å². The Morgan fingerprint density at radius 3 is 2.14 bits per heavy atom. The number of hydrogen-bond acceptors (Lipinski definition) is 4. The fourth-order valence-corrected chi connectivity index (χ4v) is 2.51. The van der Waals surface area contributed by atoms with Crippen molar-refractivity contribution in [2.24, 2.45) is 0 Å². The summed E-state index contributed by atoms with van der Waals surface area (Å²) in [6.07, 6.45) is 0.629. The molecule has 0 heterocycles. The highest BCUT2D eigenvalue weighted by Gasteiger charge is 2.36. The Kier molecular flexibility index (Phi) is 8.41. The van der Waals surface area contributed by atoms with Crippen LogP contribution in [0.25, 0.3) is 0 Å². The molecule has 0 aromatic rings. The Morgan fingerprint density at radius 2 is 1.76 bits per heavy atom. The van der Waals surface area contributed by atoms with Crippen LogP contribution in [0.15, 0.2) is 12.2 Å². The van der Waals surface area contributed by atoms with E-state index in [1.807, 2.05) is 13.8 Å². The van der Waals surface area contributed by atoms with Crippen molar-refractivity contribution in [3.63, 3.8) is 0 Å². The maximum atomic E-state index is 12.2. The van der Waals surface area contributed by atoms with Crippen LogP contribution in [0.5, 0.6) is 0 Å². The van der Waals surface area contributed by atoms with Gasteiger partial charge in [-0.15, -0.1) is 0 Å². The van der Waals surface area contributed by atoms with E-state index < -0.39 is 11.6 Å². The predicted octanol–water partition coefficient (Wildman–Crippen LogP) is 3.81. The molecule has 0 N–H and O–H groups in total. The van der Waals surface area contributed by atoms with E-state index in [1.54, 1.807) is 27.7 Å². The average Bonchev–Trinajstić information content (AvgIpc) is 2.36. The van der Waals surface area contributed by atoms with Crippen LogP contribution in [-0.4, -0.2) is 34.4 Å². The van der Waals surface area contributed by atoms with Gasteiger partial charge in [0.1, 0.15) is 11.7 Å². The third-order valence-electron chi connectivity index (χ3n) is 3.34. The minimum Gasteiger partial charge on any atom is -0.459 e. The predicted molar refractivity (Wildman–Crippen MR) is 87.6 cm³/mol. The van der Waals surface area contributed by atoms with Crippen molar-refractivity contribution >= 4 is 27.7 Å². The molecule has 0 rings (SSSR count). The van der Waals surface area contributed by atoms with Crippen molar-refractivity contribution in [3.05, 3.63) is 12.2 Å². The third-order valence-corrected chi connectivity index (χ3v) is 3.75. The molecule has 122 valence electrons. The average molecular weight is 363 g/mol. The normalized spacial score (nSPS) is 18.2. The molecule has 4 nitrogen and oxygen atoms in total. The summed E-state index contributed by atoms with van der Waals surface area (Å²) in [6.45, 7) is 14.4. The Bertz CT molecular complexity index is 392. The van der Waals surface area contributed by atoms with E-state index in [0.29, 0.717) is 18.4 Å². The van der Waals surface area contributed by atoms with Crippen molar-refractivity contribution < 1.29 is 19.1 Å². The molecule has 4 atom stereocenters. The van der Waals surface area contributed by atoms with Gasteiger partial charge in [0, 0.05) is 12.0 Å². The second-order valence-electron chi connectivity index (χ2n) is 5.73. The molecule has 21 heavy (non-hydrogen) atoms. The maximum absolute atomic E-state index is 12.2. The highest BCUT2D eigenvalue weighted by atomic mass is 79.9. The van der Waals surface area contributed by atoms with Crippen molar-refractivity contribution in [3.8, 4) is 0 Å². The van der Waals surface area contributed by atoms with E-state index in [2.05, 4.69) is 22.5 Å². The molecule has 0 aromatic heterocycles. The number of ketones is 1. The van der Waals surface area contributed by atoms with E-state index in [-0.39, 0.29) is 22.8 Å². The molecule has 0 radical (unpaired) electrons. The second-order valence-corrected chi connectivity index (χ2v) is 7.10. The zero-order valence-corrected chi connectivity index (χ0v) is 15.5. The Balaban J connectivity index is 4.59. The SMILES string of the molecule is C=C(C)C(=O)OC(C)CC(C)OC(C)(CC)C(=O)C(C)Br. The Morgan fingerprint density at radius 1 is 1.24 bits per heavy atom. The minimum absolute atomic E-state index is 0.0171. The lowest BCUT2D eigenvalue weighted by atomic mass is 9.95. The van der Waals surface area contributed by atoms with E-state index in [9.17, 15) is 9.59 Å². The fourth-order valence-electron chi connectivity index (χ4n) is 2.03. The van der Waals surface area contributed by atoms with Gasteiger partial charge in [-0.2, -0.15) is 0 Å². The van der Waals surface area contributed by atoms with Gasteiger partial charge < -0.3 is 9.47 Å². The topological polar surface area (TPSA) is 52.6 Å². The molecule has 0 aliphatic carbocycles. The fraction of sp³-hybridized carbons (Fsp3) is 0.750. The van der Waals surface area contributed by atoms with E-state index >= 15 is 0 Å². The summed E-state index contributed by atoms with van der Waals surface area (Å²) in [5, 5.41) is 0. The maximum Gasteiger partial charge on any atom is 0.333 e. The van der Waals surface area contributed by atoms with Crippen LogP contribution in [0.2, 0.25) is 0 Å². The number of alkyl halides is 1. The summed E-state index contributed by atoms with van der Waals surface area (Å²) < 4.78 is 11.2. The van der Waals surface area contributed by atoms with Gasteiger partial charge in [0.15, 0.2) is 5.78 Å². The molecular formula is C16H27BrO4. The van der Waals surface area contributed by atoms with Gasteiger partial charge in [0.05, 0.1) is 10.9 Å². The number of carbonyl (C=O) groups excluding carboxylic acids is 2. The van der Waals surface area contributed by atoms with Gasteiger partial charge in [-0.05, 0) is 41.0 Å². The molecular weight excluding hydrogens is 336 g/mol. The van der Waals surface area contributed by atoms with Crippen molar-refractivity contribution in [2.75, 3.05) is 0 Å². The minimum atomic E-state index is -0.833. The van der Waals surface area contributed by atoms with Crippen LogP contribution in [0.4, 0.5) is 0 Å². The number of esters is 1. The molecule has 0 spiro atoms. The van der Waals surface area contributed by atoms with E-state index in [1.165, 1.54) is 0 Å². The molecule has 0 aliphatic rings. The van der Waals surface area contributed by atoms with Crippen LogP contribution < -0.4 is 0 Å². The largest absolute Gasteiger partial charge is 0.459 e. The Labute approximate surface area is 136 Å². The first-order chi connectivity index (χ1) is 9.53. The number of carbonyl (C=O) groups is 2. The first-order valence-electron chi connectivity index (χ1n) is 7.26. The van der Waals surface area contributed by atoms with Crippen LogP contribution in [0.3, 0.4) is 0 Å². The number of halogens is 1. The summed E-state index contributed by atoms with van der Waals surface area (Å²) in [6, 6.07) is 0. The third kappa shape index (κ3) is 6.74. The number of Topliss-reactive ketones (excluding diaryl/α,β-unsaturated/α-hetero) is 1. The lowest BCUT2D eigenvalue weighted by molar-refractivity contribution is -0.155. The molecule has 0 aromatic carbocycles. The monoisotopic (exact) mass is 362 g/mol. The zero-order chi connectivity index (χ0) is 16.8. The summed E-state index contributed by atoms with van der Waals surface area (Å²) >= 11 is 3.30. The highest BCUT2D eigenvalue weighted by Crippen LogP contribution is 2.25. The molecule has 0 amide bonds. The summed E-state index contributed by atoms with van der Waals surface area (Å²) in [5.41, 5.74) is -0.461. The lowest BCUT2D eigenvalue weighted by Gasteiger charge is -2.32. The smallest absolute Gasteiger partial charge is 0.333 e. The quantitative estimate of drug-likeness (QED) is 0.355. The number of rotatable bonds is 9. The summed E-state index contributed by atoms with van der Waals surface area (Å²) in [5.74, 6) is -0.387. The molecule has 0 saturated carbocycles. The van der Waals surface area contributed by atoms with Crippen LogP contribution >= 0.6 is 15.9 Å². The van der Waals surface area contributed by atoms with Gasteiger partial charge in [-0.1, -0.05) is 29.4 Å². The summed E-state index contributed by atoms with van der Waals surface area (Å²) in [4.78, 5) is 23.4. The number of hydrogen-bond donors (Lipinski definition) is 0. The first kappa shape index (κ1) is 20.3. The van der Waals surface area contributed by atoms with E-state index in [0.717, 1.165) is 0 Å². The summed E-state index contributed by atoms with van der Waals surface area (Å²) in [7, 11) is 0. The van der Waals surface area contributed by atoms with Gasteiger partial charge >= 0.3 is 5.97 Å². The van der Waals surface area contributed by atoms with Gasteiger partial charge in [0.2, 0.25) is 0 Å². The Hall–Kier alpha value is -0.680. The first-order valence-corrected chi connectivity index (χ1v) is 8.17. The van der Waals surface area contributed by atoms with E-state index in [4.69, 9.17) is 9.47 Å².